The topological polar surface area (TPSA) is 34.1 Å². The second-order valence-corrected chi connectivity index (χ2v) is 13.3. The van der Waals surface area contributed by atoms with Crippen LogP contribution in [0, 0.1) is 9.93 Å². The van der Waals surface area contributed by atoms with E-state index in [0.29, 0.717) is 0 Å². The van der Waals surface area contributed by atoms with Crippen LogP contribution in [0.25, 0.3) is 0 Å². The first kappa shape index (κ1) is 31.4. The highest BCUT2D eigenvalue weighted by Crippen LogP contribution is 2.42. The third-order valence-corrected chi connectivity index (χ3v) is 10.6. The monoisotopic (exact) mass is 582 g/mol. The summed E-state index contributed by atoms with van der Waals surface area (Å²) < 4.78 is 0. The summed E-state index contributed by atoms with van der Waals surface area (Å²) in [5.41, 5.74) is 0. The molecule has 40 heavy (non-hydrogen) atoms. The maximum Gasteiger partial charge on any atom is 0.0119 e. The number of unbranched alkanes of at least 4 members (excludes halogenated alkanes) is 2. The van der Waals surface area contributed by atoms with E-state index in [1.54, 1.807) is 0 Å². The molecule has 4 rings (SSSR count). The summed E-state index contributed by atoms with van der Waals surface area (Å²) in [6.07, 6.45) is 9.87. The lowest BCUT2D eigenvalue weighted by Gasteiger charge is -2.17. The Labute approximate surface area is 248 Å². The van der Waals surface area contributed by atoms with Crippen molar-refractivity contribution in [1.82, 2.24) is 0 Å². The number of hydrogen-bond acceptors (Lipinski definition) is 4. The highest BCUT2D eigenvalue weighted by Gasteiger charge is 2.13. The highest BCUT2D eigenvalue weighted by molar-refractivity contribution is 8.03. The van der Waals surface area contributed by atoms with Gasteiger partial charge in [0.2, 0.25) is 0 Å². The first-order chi connectivity index (χ1) is 19.8. The molecular formula is C35H35O2PS2. The van der Waals surface area contributed by atoms with Gasteiger partial charge in [-0.05, 0) is 84.1 Å². The molecule has 5 heteroatoms. The molecule has 0 bridgehead atoms. The average Bonchev–Trinajstić information content (AvgIpc) is 3.02. The summed E-state index contributed by atoms with van der Waals surface area (Å²) in [7, 11) is -0.561. The van der Waals surface area contributed by atoms with Gasteiger partial charge in [-0.25, -0.2) is 0 Å². The minimum absolute atomic E-state index is 0.561. The first-order valence-electron chi connectivity index (χ1n) is 13.4. The molecule has 0 N–H and O–H groups in total. The number of allylic oxidation sites excluding steroid dienone is 4. The van der Waals surface area contributed by atoms with E-state index in [4.69, 9.17) is 9.93 Å². The molecule has 0 aliphatic heterocycles. The molecule has 204 valence electrons. The fourth-order valence-electron chi connectivity index (χ4n) is 4.12. The molecule has 0 heterocycles. The molecule has 4 aromatic carbocycles. The molecule has 2 nitrogen and oxygen atoms in total. The predicted octanol–water partition coefficient (Wildman–Crippen LogP) is 10.6. The zero-order chi connectivity index (χ0) is 28.3. The Hall–Kier alpha value is -3.17. The van der Waals surface area contributed by atoms with E-state index in [9.17, 15) is 0 Å². The first-order valence-corrected chi connectivity index (χ1v) is 16.4. The highest BCUT2D eigenvalue weighted by atomic mass is 32.2. The maximum absolute atomic E-state index is 7.00. The van der Waals surface area contributed by atoms with Gasteiger partial charge in [-0.1, -0.05) is 146 Å². The summed E-state index contributed by atoms with van der Waals surface area (Å²) >= 11 is 3.79. The van der Waals surface area contributed by atoms with Gasteiger partial charge in [0.25, 0.3) is 0 Å². The molecule has 4 aromatic rings. The van der Waals surface area contributed by atoms with Crippen molar-refractivity contribution in [1.29, 1.82) is 0 Å². The van der Waals surface area contributed by atoms with Crippen molar-refractivity contribution in [2.75, 3.05) is 0 Å². The van der Waals surface area contributed by atoms with Crippen LogP contribution in [0.2, 0.25) is 0 Å². The third kappa shape index (κ3) is 11.1. The van der Waals surface area contributed by atoms with Gasteiger partial charge in [-0.2, -0.15) is 0 Å². The Kier molecular flexibility index (Phi) is 14.9. The van der Waals surface area contributed by atoms with Crippen molar-refractivity contribution in [2.45, 2.75) is 41.9 Å². The summed E-state index contributed by atoms with van der Waals surface area (Å²) in [5.74, 6) is 2.56. The van der Waals surface area contributed by atoms with Crippen LogP contribution in [-0.4, -0.2) is 0 Å². The fraction of sp³-hybridized carbons (Fsp3) is 0.143. The molecular weight excluding hydrogens is 547 g/mol. The van der Waals surface area contributed by atoms with Crippen molar-refractivity contribution >= 4 is 42.1 Å². The molecule has 0 fully saturated rings. The predicted molar refractivity (Wildman–Crippen MR) is 180 cm³/mol. The lowest BCUT2D eigenvalue weighted by Crippen LogP contribution is -2.09. The van der Waals surface area contributed by atoms with Crippen LogP contribution in [0.5, 0.6) is 0 Å². The van der Waals surface area contributed by atoms with Crippen LogP contribution in [-0.2, 0) is 0 Å². The normalized spacial score (nSPS) is 11.5. The Morgan fingerprint density at radius 1 is 0.575 bits per heavy atom. The van der Waals surface area contributed by atoms with Gasteiger partial charge in [0.1, 0.15) is 0 Å². The zero-order valence-corrected chi connectivity index (χ0v) is 25.1. The van der Waals surface area contributed by atoms with Gasteiger partial charge in [0, 0.05) is 19.7 Å². The van der Waals surface area contributed by atoms with Gasteiger partial charge in [-0.3, -0.25) is 0 Å². The van der Waals surface area contributed by atoms with E-state index in [0.717, 1.165) is 12.8 Å². The van der Waals surface area contributed by atoms with Gasteiger partial charge < -0.3 is 0 Å². The van der Waals surface area contributed by atoms with Crippen molar-refractivity contribution < 1.29 is 0 Å². The molecule has 0 saturated heterocycles. The number of benzene rings is 4. The fourth-order valence-corrected chi connectivity index (χ4v) is 8.49. The Morgan fingerprint density at radius 2 is 0.975 bits per heavy atom. The largest absolute Gasteiger partial charge is 0.0990 e. The lowest BCUT2D eigenvalue weighted by atomic mass is 10.1. The second kappa shape index (κ2) is 19.0. The molecule has 0 amide bonds. The van der Waals surface area contributed by atoms with Gasteiger partial charge in [0.05, 0.1) is 0 Å². The van der Waals surface area contributed by atoms with E-state index in [-0.39, 0.29) is 0 Å². The Balaban J connectivity index is 0.00000216. The number of rotatable bonds is 14. The van der Waals surface area contributed by atoms with Crippen molar-refractivity contribution in [3.63, 3.8) is 0 Å². The van der Waals surface area contributed by atoms with Gasteiger partial charge in [-0.15, -0.1) is 0 Å². The lowest BCUT2D eigenvalue weighted by molar-refractivity contribution is 0.691. The zero-order valence-electron chi connectivity index (χ0n) is 22.6. The summed E-state index contributed by atoms with van der Waals surface area (Å²) in [4.78, 5) is 19.5. The van der Waals surface area contributed by atoms with Crippen LogP contribution in [0.3, 0.4) is 0 Å². The van der Waals surface area contributed by atoms with Crippen LogP contribution in [0.4, 0.5) is 0 Å². The smallest absolute Gasteiger partial charge is 0.0119 e. The molecule has 0 atom stereocenters. The minimum atomic E-state index is -0.561. The van der Waals surface area contributed by atoms with Crippen molar-refractivity contribution in [3.05, 3.63) is 166 Å². The van der Waals surface area contributed by atoms with E-state index < -0.39 is 7.92 Å². The summed E-state index contributed by atoms with van der Waals surface area (Å²) in [6.45, 7) is 3.93. The Bertz CT molecular complexity index is 1270. The number of hydrogen-bond donors (Lipinski definition) is 0. The minimum Gasteiger partial charge on any atom is -0.0990 e. The molecule has 0 aliphatic carbocycles. The third-order valence-electron chi connectivity index (χ3n) is 5.98. The van der Waals surface area contributed by atoms with E-state index in [1.165, 1.54) is 49.5 Å². The van der Waals surface area contributed by atoms with E-state index in [2.05, 4.69) is 140 Å². The molecule has 0 unspecified atom stereocenters. The van der Waals surface area contributed by atoms with Crippen LogP contribution in [0.15, 0.2) is 165 Å². The van der Waals surface area contributed by atoms with Gasteiger partial charge in [0.15, 0.2) is 0 Å². The van der Waals surface area contributed by atoms with Crippen LogP contribution in [0.1, 0.15) is 32.1 Å². The molecule has 0 spiro atoms. The summed E-state index contributed by atoms with van der Waals surface area (Å²) in [6, 6.07) is 43.4. The summed E-state index contributed by atoms with van der Waals surface area (Å²) in [5, 5.41) is 2.80. The SMILES string of the molecule is C=C/C=C(\CCCCC/C(=C/P(c1ccccc1)c1ccccc1)Sc1ccccc1)Sc1ccccc1.O=O. The Morgan fingerprint density at radius 3 is 1.43 bits per heavy atom. The molecule has 0 aromatic heterocycles. The van der Waals surface area contributed by atoms with Crippen LogP contribution < -0.4 is 10.6 Å². The van der Waals surface area contributed by atoms with Crippen LogP contribution >= 0.6 is 31.4 Å². The standard InChI is InChI=1S/C35H35PS2.O2/c1-2-18-32(37-33-24-13-5-14-25-33)23-12-7-17-28-35(38-34-26-15-6-16-27-34)29-36(30-19-8-3-9-20-30)31-21-10-4-11-22-31;1-2/h2-6,8-11,13-16,18-22,24-27,29H,1,7,12,17,23,28H2;/b32-18+,35-29-;. The van der Waals surface area contributed by atoms with Crippen molar-refractivity contribution in [2.24, 2.45) is 0 Å². The molecule has 0 aliphatic rings. The average molecular weight is 583 g/mol. The van der Waals surface area contributed by atoms with E-state index in [1.807, 2.05) is 29.6 Å². The van der Waals surface area contributed by atoms with E-state index >= 15 is 0 Å². The number of thioether (sulfide) groups is 2. The van der Waals surface area contributed by atoms with Crippen molar-refractivity contribution in [3.8, 4) is 0 Å². The maximum atomic E-state index is 7.00. The van der Waals surface area contributed by atoms with Gasteiger partial charge >= 0.3 is 0 Å². The molecule has 0 saturated carbocycles. The quantitative estimate of drug-likeness (QED) is 0.0641. The molecule has 0 radical (unpaired) electrons. The second-order valence-electron chi connectivity index (χ2n) is 8.90.